The highest BCUT2D eigenvalue weighted by molar-refractivity contribution is 5.53. The quantitative estimate of drug-likeness (QED) is 0.254. The number of hydrogen-bond acceptors (Lipinski definition) is 1. The summed E-state index contributed by atoms with van der Waals surface area (Å²) in [7, 11) is 0. The molecule has 2 fully saturated rings. The van der Waals surface area contributed by atoms with E-state index in [1.807, 2.05) is 0 Å². The van der Waals surface area contributed by atoms with Crippen LogP contribution in [-0.4, -0.2) is 6.29 Å². The lowest BCUT2D eigenvalue weighted by molar-refractivity contribution is -0.112. The summed E-state index contributed by atoms with van der Waals surface area (Å²) in [6, 6.07) is 0. The van der Waals surface area contributed by atoms with E-state index in [4.69, 9.17) is 0 Å². The second-order valence-corrected chi connectivity index (χ2v) is 9.87. The Morgan fingerprint density at radius 1 is 0.654 bits per heavy atom. The predicted octanol–water partition coefficient (Wildman–Crippen LogP) is 7.97. The number of aldehydes is 1. The topological polar surface area (TPSA) is 17.1 Å². The lowest BCUT2D eigenvalue weighted by atomic mass is 9.71. The Morgan fingerprint density at radius 3 is 1.69 bits per heavy atom. The molecule has 0 spiro atoms. The maximum atomic E-state index is 10.8. The fraction of sp³-hybridized carbons (Fsp3) is 0.960. The van der Waals surface area contributed by atoms with E-state index in [1.165, 1.54) is 103 Å². The standard InChI is InChI=1S/C25H46O/c1-21-12-11-13-22(2)25(21)15-10-8-6-4-3-5-7-9-14-23-16-18-24(20-26)19-17-23/h20-25H,3-19H2,1-2H3. The smallest absolute Gasteiger partial charge is 0.123 e. The summed E-state index contributed by atoms with van der Waals surface area (Å²) in [4.78, 5) is 10.8. The zero-order chi connectivity index (χ0) is 18.6. The van der Waals surface area contributed by atoms with Crippen LogP contribution in [0.1, 0.15) is 123 Å². The summed E-state index contributed by atoms with van der Waals surface area (Å²) in [6.45, 7) is 4.99. The second-order valence-electron chi connectivity index (χ2n) is 9.87. The molecule has 2 aliphatic carbocycles. The van der Waals surface area contributed by atoms with Crippen LogP contribution in [0.25, 0.3) is 0 Å². The highest BCUT2D eigenvalue weighted by Gasteiger charge is 2.26. The highest BCUT2D eigenvalue weighted by atomic mass is 16.1. The molecule has 2 atom stereocenters. The minimum Gasteiger partial charge on any atom is -0.303 e. The number of carbonyl (C=O) groups is 1. The molecule has 2 rings (SSSR count). The monoisotopic (exact) mass is 362 g/mol. The molecule has 2 unspecified atom stereocenters. The van der Waals surface area contributed by atoms with Crippen molar-refractivity contribution in [3.8, 4) is 0 Å². The van der Waals surface area contributed by atoms with Crippen LogP contribution in [-0.2, 0) is 4.79 Å². The molecule has 1 nitrogen and oxygen atoms in total. The lowest BCUT2D eigenvalue weighted by Crippen LogP contribution is -2.24. The molecule has 0 radical (unpaired) electrons. The van der Waals surface area contributed by atoms with Gasteiger partial charge in [-0.25, -0.2) is 0 Å². The third kappa shape index (κ3) is 8.13. The molecule has 2 aliphatic rings. The van der Waals surface area contributed by atoms with Crippen molar-refractivity contribution >= 4 is 6.29 Å². The van der Waals surface area contributed by atoms with Crippen LogP contribution in [0, 0.1) is 29.6 Å². The van der Waals surface area contributed by atoms with Crippen molar-refractivity contribution in [1.29, 1.82) is 0 Å². The van der Waals surface area contributed by atoms with Crippen LogP contribution in [0.5, 0.6) is 0 Å². The Hall–Kier alpha value is -0.330. The van der Waals surface area contributed by atoms with Gasteiger partial charge in [0.1, 0.15) is 6.29 Å². The molecule has 0 bridgehead atoms. The van der Waals surface area contributed by atoms with Gasteiger partial charge >= 0.3 is 0 Å². The molecule has 0 saturated heterocycles. The van der Waals surface area contributed by atoms with Crippen molar-refractivity contribution in [2.75, 3.05) is 0 Å². The van der Waals surface area contributed by atoms with Gasteiger partial charge in [-0.05, 0) is 55.8 Å². The van der Waals surface area contributed by atoms with Crippen LogP contribution < -0.4 is 0 Å². The molecule has 0 N–H and O–H groups in total. The first-order chi connectivity index (χ1) is 12.7. The van der Waals surface area contributed by atoms with Crippen molar-refractivity contribution in [1.82, 2.24) is 0 Å². The summed E-state index contributed by atoms with van der Waals surface area (Å²) < 4.78 is 0. The summed E-state index contributed by atoms with van der Waals surface area (Å²) in [6.07, 6.45) is 25.1. The normalized spacial score (nSPS) is 32.5. The molecule has 26 heavy (non-hydrogen) atoms. The first-order valence-electron chi connectivity index (χ1n) is 12.2. The fourth-order valence-electron chi connectivity index (χ4n) is 5.81. The summed E-state index contributed by atoms with van der Waals surface area (Å²) in [5, 5.41) is 0. The Morgan fingerprint density at radius 2 is 1.15 bits per heavy atom. The van der Waals surface area contributed by atoms with Gasteiger partial charge in [-0.15, -0.1) is 0 Å². The Labute approximate surface area is 164 Å². The number of rotatable bonds is 12. The van der Waals surface area contributed by atoms with Crippen molar-refractivity contribution in [2.45, 2.75) is 123 Å². The van der Waals surface area contributed by atoms with E-state index in [1.54, 1.807) is 0 Å². The molecule has 0 aromatic carbocycles. The largest absolute Gasteiger partial charge is 0.303 e. The molecule has 0 amide bonds. The number of unbranched alkanes of at least 4 members (excludes halogenated alkanes) is 7. The third-order valence-corrected chi connectivity index (χ3v) is 7.76. The molecule has 0 aromatic heterocycles. The van der Waals surface area contributed by atoms with Gasteiger partial charge in [0.05, 0.1) is 0 Å². The maximum Gasteiger partial charge on any atom is 0.123 e. The van der Waals surface area contributed by atoms with Gasteiger partial charge in [0, 0.05) is 5.92 Å². The highest BCUT2D eigenvalue weighted by Crippen LogP contribution is 2.37. The van der Waals surface area contributed by atoms with Gasteiger partial charge < -0.3 is 4.79 Å². The molecule has 2 saturated carbocycles. The minimum atomic E-state index is 0.385. The minimum absolute atomic E-state index is 0.385. The van der Waals surface area contributed by atoms with Gasteiger partial charge in [0.2, 0.25) is 0 Å². The molecule has 0 aromatic rings. The summed E-state index contributed by atoms with van der Waals surface area (Å²) in [5.41, 5.74) is 0. The van der Waals surface area contributed by atoms with Gasteiger partial charge in [-0.1, -0.05) is 90.9 Å². The Kier molecular flexibility index (Phi) is 10.9. The van der Waals surface area contributed by atoms with Gasteiger partial charge in [-0.2, -0.15) is 0 Å². The van der Waals surface area contributed by atoms with Gasteiger partial charge in [0.15, 0.2) is 0 Å². The molecule has 1 heteroatoms. The predicted molar refractivity (Wildman–Crippen MR) is 113 cm³/mol. The van der Waals surface area contributed by atoms with Crippen LogP contribution >= 0.6 is 0 Å². The van der Waals surface area contributed by atoms with Crippen molar-refractivity contribution in [3.63, 3.8) is 0 Å². The Balaban J connectivity index is 1.36. The van der Waals surface area contributed by atoms with E-state index in [-0.39, 0.29) is 0 Å². The average molecular weight is 363 g/mol. The van der Waals surface area contributed by atoms with Crippen molar-refractivity contribution < 1.29 is 4.79 Å². The number of hydrogen-bond donors (Lipinski definition) is 0. The van der Waals surface area contributed by atoms with E-state index in [9.17, 15) is 4.79 Å². The van der Waals surface area contributed by atoms with E-state index in [0.29, 0.717) is 5.92 Å². The van der Waals surface area contributed by atoms with Crippen molar-refractivity contribution in [3.05, 3.63) is 0 Å². The SMILES string of the molecule is CC1CCCC(C)C1CCCCCCCCCCC1CCC(C=O)CC1. The van der Waals surface area contributed by atoms with E-state index in [0.717, 1.165) is 36.5 Å². The van der Waals surface area contributed by atoms with Crippen LogP contribution in [0.3, 0.4) is 0 Å². The van der Waals surface area contributed by atoms with E-state index >= 15 is 0 Å². The zero-order valence-corrected chi connectivity index (χ0v) is 17.9. The fourth-order valence-corrected chi connectivity index (χ4v) is 5.81. The maximum absolute atomic E-state index is 10.8. The van der Waals surface area contributed by atoms with Crippen LogP contribution in [0.15, 0.2) is 0 Å². The van der Waals surface area contributed by atoms with Crippen molar-refractivity contribution in [2.24, 2.45) is 29.6 Å². The van der Waals surface area contributed by atoms with E-state index in [2.05, 4.69) is 13.8 Å². The molecule has 152 valence electrons. The third-order valence-electron chi connectivity index (χ3n) is 7.76. The molecular formula is C25H46O. The second kappa shape index (κ2) is 12.9. The first-order valence-corrected chi connectivity index (χ1v) is 12.2. The van der Waals surface area contributed by atoms with Crippen LogP contribution in [0.2, 0.25) is 0 Å². The van der Waals surface area contributed by atoms with Gasteiger partial charge in [0.25, 0.3) is 0 Å². The first kappa shape index (κ1) is 22.0. The lowest BCUT2D eigenvalue weighted by Gasteiger charge is -2.34. The Bertz CT molecular complexity index is 345. The number of carbonyl (C=O) groups excluding carboxylic acids is 1. The molecule has 0 heterocycles. The average Bonchev–Trinajstić information content (AvgIpc) is 2.65. The van der Waals surface area contributed by atoms with E-state index < -0.39 is 0 Å². The molecule has 0 aliphatic heterocycles. The molecular weight excluding hydrogens is 316 g/mol. The summed E-state index contributed by atoms with van der Waals surface area (Å²) >= 11 is 0. The summed E-state index contributed by atoms with van der Waals surface area (Å²) in [5.74, 6) is 4.29. The van der Waals surface area contributed by atoms with Gasteiger partial charge in [-0.3, -0.25) is 0 Å². The van der Waals surface area contributed by atoms with Crippen LogP contribution in [0.4, 0.5) is 0 Å². The zero-order valence-electron chi connectivity index (χ0n) is 17.9.